The Bertz CT molecular complexity index is 671. The average Bonchev–Trinajstić information content (AvgIpc) is 2.84. The summed E-state index contributed by atoms with van der Waals surface area (Å²) >= 11 is 4.86. The normalized spacial score (nSPS) is 13.2. The van der Waals surface area contributed by atoms with Gasteiger partial charge in [0, 0.05) is 15.5 Å². The second-order valence-corrected chi connectivity index (χ2v) is 7.10. The van der Waals surface area contributed by atoms with Gasteiger partial charge in [-0.2, -0.15) is 0 Å². The topological polar surface area (TPSA) is 85.1 Å². The van der Waals surface area contributed by atoms with Crippen molar-refractivity contribution >= 4 is 43.0 Å². The van der Waals surface area contributed by atoms with Gasteiger partial charge < -0.3 is 5.32 Å². The van der Waals surface area contributed by atoms with Crippen molar-refractivity contribution in [2.24, 2.45) is 5.14 Å². The van der Waals surface area contributed by atoms with E-state index in [2.05, 4.69) is 26.2 Å². The van der Waals surface area contributed by atoms with Crippen LogP contribution in [0.25, 0.3) is 0 Å². The maximum absolute atomic E-state index is 11.2. The lowest BCUT2D eigenvalue weighted by atomic mass is 10.2. The molecule has 3 N–H and O–H groups in total. The van der Waals surface area contributed by atoms with E-state index in [0.717, 1.165) is 11.4 Å². The number of thiazole rings is 1. The van der Waals surface area contributed by atoms with Crippen molar-refractivity contribution in [3.05, 3.63) is 39.3 Å². The molecule has 0 amide bonds. The molecule has 2 rings (SSSR count). The SMILES string of the molecule is CC(Nc1ccc(S(N)(=O)=O)cc1Br)c1cscn1. The maximum atomic E-state index is 11.2. The summed E-state index contributed by atoms with van der Waals surface area (Å²) in [6.45, 7) is 1.98. The molecule has 0 aliphatic heterocycles. The molecule has 1 aromatic heterocycles. The van der Waals surface area contributed by atoms with Gasteiger partial charge in [-0.05, 0) is 41.1 Å². The Morgan fingerprint density at radius 2 is 2.21 bits per heavy atom. The molecule has 0 aliphatic rings. The van der Waals surface area contributed by atoms with Crippen molar-refractivity contribution in [3.63, 3.8) is 0 Å². The first kappa shape index (κ1) is 14.4. The van der Waals surface area contributed by atoms with E-state index in [1.165, 1.54) is 23.5 Å². The van der Waals surface area contributed by atoms with Gasteiger partial charge >= 0.3 is 0 Å². The molecular weight excluding hydrogens is 350 g/mol. The number of nitrogens with one attached hydrogen (secondary N) is 1. The Morgan fingerprint density at radius 1 is 1.47 bits per heavy atom. The predicted octanol–water partition coefficient (Wildman–Crippen LogP) is 2.73. The Labute approximate surface area is 124 Å². The van der Waals surface area contributed by atoms with Gasteiger partial charge in [-0.3, -0.25) is 0 Å². The van der Waals surface area contributed by atoms with E-state index in [4.69, 9.17) is 5.14 Å². The molecule has 0 saturated heterocycles. The van der Waals surface area contributed by atoms with Crippen molar-refractivity contribution in [2.45, 2.75) is 17.9 Å². The highest BCUT2D eigenvalue weighted by Gasteiger charge is 2.13. The van der Waals surface area contributed by atoms with E-state index in [-0.39, 0.29) is 10.9 Å². The molecule has 0 saturated carbocycles. The van der Waals surface area contributed by atoms with Gasteiger partial charge in [0.2, 0.25) is 10.0 Å². The van der Waals surface area contributed by atoms with Crippen molar-refractivity contribution < 1.29 is 8.42 Å². The van der Waals surface area contributed by atoms with Crippen LogP contribution in [0.3, 0.4) is 0 Å². The summed E-state index contributed by atoms with van der Waals surface area (Å²) < 4.78 is 23.1. The fraction of sp³-hybridized carbons (Fsp3) is 0.182. The molecule has 1 atom stereocenters. The molecule has 0 spiro atoms. The molecule has 0 aliphatic carbocycles. The van der Waals surface area contributed by atoms with Gasteiger partial charge in [-0.25, -0.2) is 18.5 Å². The number of rotatable bonds is 4. The largest absolute Gasteiger partial charge is 0.376 e. The van der Waals surface area contributed by atoms with Crippen LogP contribution in [0.15, 0.2) is 38.5 Å². The number of nitrogens with zero attached hydrogens (tertiary/aromatic N) is 1. The van der Waals surface area contributed by atoms with Crippen LogP contribution in [0.5, 0.6) is 0 Å². The first-order chi connectivity index (χ1) is 8.88. The van der Waals surface area contributed by atoms with Crippen molar-refractivity contribution in [3.8, 4) is 0 Å². The summed E-state index contributed by atoms with van der Waals surface area (Å²) in [7, 11) is -3.68. The van der Waals surface area contributed by atoms with Crippen LogP contribution in [-0.2, 0) is 10.0 Å². The van der Waals surface area contributed by atoms with Crippen LogP contribution in [0.4, 0.5) is 5.69 Å². The van der Waals surface area contributed by atoms with E-state index >= 15 is 0 Å². The number of nitrogens with two attached hydrogens (primary N) is 1. The number of anilines is 1. The van der Waals surface area contributed by atoms with Crippen LogP contribution in [0, 0.1) is 0 Å². The van der Waals surface area contributed by atoms with Gasteiger partial charge in [0.05, 0.1) is 22.1 Å². The zero-order chi connectivity index (χ0) is 14.0. The van der Waals surface area contributed by atoms with E-state index in [1.54, 1.807) is 11.6 Å². The number of hydrogen-bond acceptors (Lipinski definition) is 5. The first-order valence-corrected chi connectivity index (χ1v) is 8.63. The van der Waals surface area contributed by atoms with Gasteiger partial charge in [-0.15, -0.1) is 11.3 Å². The first-order valence-electron chi connectivity index (χ1n) is 5.35. The lowest BCUT2D eigenvalue weighted by molar-refractivity contribution is 0.598. The lowest BCUT2D eigenvalue weighted by Gasteiger charge is -2.15. The number of halogens is 1. The number of sulfonamides is 1. The second-order valence-electron chi connectivity index (χ2n) is 3.97. The monoisotopic (exact) mass is 361 g/mol. The van der Waals surface area contributed by atoms with Crippen LogP contribution >= 0.6 is 27.3 Å². The van der Waals surface area contributed by atoms with Gasteiger partial charge in [0.25, 0.3) is 0 Å². The Kier molecular flexibility index (Phi) is 4.24. The molecule has 102 valence electrons. The lowest BCUT2D eigenvalue weighted by Crippen LogP contribution is -2.13. The third kappa shape index (κ3) is 3.53. The highest BCUT2D eigenvalue weighted by atomic mass is 79.9. The van der Waals surface area contributed by atoms with Crippen LogP contribution in [0.1, 0.15) is 18.7 Å². The molecule has 19 heavy (non-hydrogen) atoms. The molecule has 1 unspecified atom stereocenters. The minimum absolute atomic E-state index is 0.0304. The molecule has 0 radical (unpaired) electrons. The summed E-state index contributed by atoms with van der Waals surface area (Å²) in [5, 5.41) is 10.3. The number of primary sulfonamides is 1. The molecule has 1 aromatic carbocycles. The van der Waals surface area contributed by atoms with Crippen molar-refractivity contribution in [2.75, 3.05) is 5.32 Å². The Hall–Kier alpha value is -0.960. The highest BCUT2D eigenvalue weighted by molar-refractivity contribution is 9.10. The molecule has 0 bridgehead atoms. The van der Waals surface area contributed by atoms with Crippen LogP contribution < -0.4 is 10.5 Å². The zero-order valence-corrected chi connectivity index (χ0v) is 13.2. The predicted molar refractivity (Wildman–Crippen MR) is 79.7 cm³/mol. The summed E-state index contributed by atoms with van der Waals surface area (Å²) in [5.41, 5.74) is 3.49. The van der Waals surface area contributed by atoms with Gasteiger partial charge in [-0.1, -0.05) is 0 Å². The summed E-state index contributed by atoms with van der Waals surface area (Å²) in [5.74, 6) is 0. The third-order valence-electron chi connectivity index (χ3n) is 2.54. The highest BCUT2D eigenvalue weighted by Crippen LogP contribution is 2.28. The third-order valence-corrected chi connectivity index (χ3v) is 4.71. The summed E-state index contributed by atoms with van der Waals surface area (Å²) in [6.07, 6.45) is 0. The zero-order valence-electron chi connectivity index (χ0n) is 10.00. The van der Waals surface area contributed by atoms with E-state index in [9.17, 15) is 8.42 Å². The number of aromatic nitrogens is 1. The second kappa shape index (κ2) is 5.58. The molecule has 8 heteroatoms. The van der Waals surface area contributed by atoms with E-state index in [0.29, 0.717) is 4.47 Å². The van der Waals surface area contributed by atoms with Crippen LogP contribution in [-0.4, -0.2) is 13.4 Å². The smallest absolute Gasteiger partial charge is 0.238 e. The molecular formula is C11H12BrN3O2S2. The van der Waals surface area contributed by atoms with E-state index < -0.39 is 10.0 Å². The minimum atomic E-state index is -3.68. The summed E-state index contributed by atoms with van der Waals surface area (Å²) in [4.78, 5) is 4.30. The molecule has 0 fully saturated rings. The van der Waals surface area contributed by atoms with Crippen LogP contribution in [0.2, 0.25) is 0 Å². The summed E-state index contributed by atoms with van der Waals surface area (Å²) in [6, 6.07) is 4.65. The fourth-order valence-electron chi connectivity index (χ4n) is 1.53. The number of hydrogen-bond donors (Lipinski definition) is 2. The van der Waals surface area contributed by atoms with E-state index in [1.807, 2.05) is 12.3 Å². The molecule has 2 aromatic rings. The van der Waals surface area contributed by atoms with Crippen molar-refractivity contribution in [1.82, 2.24) is 4.98 Å². The van der Waals surface area contributed by atoms with Gasteiger partial charge in [0.15, 0.2) is 0 Å². The Balaban J connectivity index is 2.23. The standard InChI is InChI=1S/C11H12BrN3O2S2/c1-7(11-5-18-6-14-11)15-10-3-2-8(4-9(10)12)19(13,16)17/h2-7,15H,1H3,(H2,13,16,17). The van der Waals surface area contributed by atoms with Gasteiger partial charge in [0.1, 0.15) is 0 Å². The van der Waals surface area contributed by atoms with Crippen molar-refractivity contribution in [1.29, 1.82) is 0 Å². The average molecular weight is 362 g/mol. The molecule has 1 heterocycles. The maximum Gasteiger partial charge on any atom is 0.238 e. The number of benzene rings is 1. The quantitative estimate of drug-likeness (QED) is 0.876. The molecule has 5 nitrogen and oxygen atoms in total. The fourth-order valence-corrected chi connectivity index (χ4v) is 3.37. The minimum Gasteiger partial charge on any atom is -0.376 e. The Morgan fingerprint density at radius 3 is 2.74 bits per heavy atom.